The van der Waals surface area contributed by atoms with Crippen LogP contribution in [-0.4, -0.2) is 148 Å². The van der Waals surface area contributed by atoms with Crippen LogP contribution < -0.4 is 59.7 Å². The van der Waals surface area contributed by atoms with Crippen LogP contribution in [0.25, 0.3) is 0 Å². The number of aliphatic hydroxyl groups is 1. The minimum absolute atomic E-state index is 0.00224. The van der Waals surface area contributed by atoms with Gasteiger partial charge in [0, 0.05) is 35.6 Å². The standard InChI is InChI=1S/C53H64ClN11O12S2/c1-58-21-3-2-4-36-48(72)64-41-43(68)44(42(65-52(41)76)53(77)60-37(46(57)70)23-29-9-17-33(66)18-10-29)79-78-26-40(63-47(71)35(55)22-27-7-15-32(54)16-8-27)51(75)62-39(25-30-11-19-34(67)20-12-30)50(74)61-38(49(73)59-36)24-28-5-13-31(14-6-28)45(56)69/h5-20,35-44,58,66-68H,2-4,21-26,55H2,1H3,(H2,56,69)(H2,57,70)(H,59,73)(H,60,77)(H,61,74)(H,62,75)(H,63,71)(H,64,72)(H,65,76)/t35-,36-,37+,38+,39-,40+,41-,42-,43-,44?/m0/s1. The minimum Gasteiger partial charge on any atom is -0.508 e. The summed E-state index contributed by atoms with van der Waals surface area (Å²) < 4.78 is 0. The molecule has 2 heterocycles. The van der Waals surface area contributed by atoms with E-state index < -0.39 is 113 Å². The normalized spacial score (nSPS) is 22.9. The highest BCUT2D eigenvalue weighted by atomic mass is 35.5. The van der Waals surface area contributed by atoms with Gasteiger partial charge in [-0.2, -0.15) is 0 Å². The Morgan fingerprint density at radius 3 is 1.76 bits per heavy atom. The number of halogens is 1. The van der Waals surface area contributed by atoms with Crippen LogP contribution in [0, 0.1) is 0 Å². The van der Waals surface area contributed by atoms with Crippen LogP contribution in [0.2, 0.25) is 5.02 Å². The van der Waals surface area contributed by atoms with E-state index in [1.807, 2.05) is 0 Å². The Morgan fingerprint density at radius 1 is 0.671 bits per heavy atom. The van der Waals surface area contributed by atoms with Crippen LogP contribution in [0.3, 0.4) is 0 Å². The summed E-state index contributed by atoms with van der Waals surface area (Å²) >= 11 is 6.07. The van der Waals surface area contributed by atoms with E-state index in [0.29, 0.717) is 46.7 Å². The van der Waals surface area contributed by atoms with Crippen molar-refractivity contribution in [3.63, 3.8) is 0 Å². The maximum atomic E-state index is 14.7. The Morgan fingerprint density at radius 2 is 1.19 bits per heavy atom. The second-order valence-corrected chi connectivity index (χ2v) is 22.1. The smallest absolute Gasteiger partial charge is 0.248 e. The van der Waals surface area contributed by atoms with Gasteiger partial charge in [-0.1, -0.05) is 81.7 Å². The van der Waals surface area contributed by atoms with Gasteiger partial charge in [0.2, 0.25) is 53.2 Å². The van der Waals surface area contributed by atoms with Gasteiger partial charge in [-0.3, -0.25) is 43.2 Å². The van der Waals surface area contributed by atoms with Crippen molar-refractivity contribution in [2.45, 2.75) is 105 Å². The third-order valence-corrected chi connectivity index (χ3v) is 16.2. The molecule has 2 aliphatic rings. The van der Waals surface area contributed by atoms with Crippen molar-refractivity contribution in [1.29, 1.82) is 0 Å². The third-order valence-electron chi connectivity index (χ3n) is 13.1. The molecule has 23 nitrogen and oxygen atoms in total. The maximum absolute atomic E-state index is 14.7. The predicted octanol–water partition coefficient (Wildman–Crippen LogP) is -1.15. The maximum Gasteiger partial charge on any atom is 0.248 e. The number of rotatable bonds is 19. The zero-order chi connectivity index (χ0) is 57.3. The quantitative estimate of drug-likeness (QED) is 0.0390. The molecule has 26 heteroatoms. The molecule has 422 valence electrons. The number of phenolic OH excluding ortho intramolecular Hbond substituents is 2. The number of phenols is 2. The fourth-order valence-corrected chi connectivity index (χ4v) is 11.7. The molecule has 6 rings (SSSR count). The average Bonchev–Trinajstić information content (AvgIpc) is 3.48. The first-order chi connectivity index (χ1) is 37.7. The number of nitrogens with two attached hydrogens (primary N) is 3. The molecule has 0 aliphatic carbocycles. The van der Waals surface area contributed by atoms with Crippen LogP contribution in [0.1, 0.15) is 51.9 Å². The van der Waals surface area contributed by atoms with E-state index in [2.05, 4.69) is 42.5 Å². The van der Waals surface area contributed by atoms with Crippen molar-refractivity contribution in [3.8, 4) is 11.5 Å². The molecule has 0 aromatic heterocycles. The Labute approximate surface area is 467 Å². The average molecular weight is 1150 g/mol. The molecular weight excluding hydrogens is 1080 g/mol. The number of benzene rings is 4. The van der Waals surface area contributed by atoms with Gasteiger partial charge in [0.05, 0.1) is 17.4 Å². The predicted molar refractivity (Wildman–Crippen MR) is 296 cm³/mol. The molecule has 1 unspecified atom stereocenters. The second kappa shape index (κ2) is 29.0. The van der Waals surface area contributed by atoms with Crippen molar-refractivity contribution < 1.29 is 58.5 Å². The number of hydrogen-bond donors (Lipinski definition) is 14. The summed E-state index contributed by atoms with van der Waals surface area (Å²) in [5, 5.41) is 52.6. The number of amides is 9. The summed E-state index contributed by atoms with van der Waals surface area (Å²) in [6.07, 6.45) is -1.57. The van der Waals surface area contributed by atoms with Gasteiger partial charge in [0.15, 0.2) is 0 Å². The summed E-state index contributed by atoms with van der Waals surface area (Å²) in [6, 6.07) is 12.1. The van der Waals surface area contributed by atoms with E-state index in [0.717, 1.165) is 21.6 Å². The van der Waals surface area contributed by atoms with Gasteiger partial charge in [-0.25, -0.2) is 0 Å². The Bertz CT molecular complexity index is 2820. The number of hydrogen-bond acceptors (Lipinski definition) is 16. The summed E-state index contributed by atoms with van der Waals surface area (Å²) in [7, 11) is 3.40. The number of fused-ring (bicyclic) bond motifs is 2. The van der Waals surface area contributed by atoms with E-state index in [4.69, 9.17) is 28.8 Å². The Kier molecular flexibility index (Phi) is 22.3. The lowest BCUT2D eigenvalue weighted by molar-refractivity contribution is -0.140. The fourth-order valence-electron chi connectivity index (χ4n) is 8.63. The molecule has 0 saturated carbocycles. The highest BCUT2D eigenvalue weighted by molar-refractivity contribution is 8.77. The van der Waals surface area contributed by atoms with Crippen LogP contribution in [0.5, 0.6) is 11.5 Å². The van der Waals surface area contributed by atoms with Crippen molar-refractivity contribution in [2.24, 2.45) is 17.2 Å². The highest BCUT2D eigenvalue weighted by Gasteiger charge is 2.49. The van der Waals surface area contributed by atoms with Crippen LogP contribution in [0.4, 0.5) is 0 Å². The van der Waals surface area contributed by atoms with Crippen molar-refractivity contribution in [2.75, 3.05) is 19.3 Å². The van der Waals surface area contributed by atoms with Crippen molar-refractivity contribution >= 4 is 86.4 Å². The number of aromatic hydroxyl groups is 2. The van der Waals surface area contributed by atoms with E-state index in [-0.39, 0.29) is 54.9 Å². The Hall–Kier alpha value is -7.42. The summed E-state index contributed by atoms with van der Waals surface area (Å²) in [5.41, 5.74) is 19.8. The number of primary amides is 2. The lowest BCUT2D eigenvalue weighted by atomic mass is 9.94. The molecule has 9 amide bonds. The number of unbranched alkanes of at least 4 members (excludes halogenated alkanes) is 1. The molecule has 4 aromatic carbocycles. The van der Waals surface area contributed by atoms with Crippen LogP contribution >= 0.6 is 33.2 Å². The minimum atomic E-state index is -1.88. The SMILES string of the molecule is CNCCCC[C@@H]1NC(=O)[C@@H](Cc2ccc(C(N)=O)cc2)NC(=O)[C@H](Cc2ccc(O)cc2)NC(=O)[C@H](NC(=O)[C@@H](N)Cc2ccc(Cl)cc2)CSSC2[C@@H](C(=O)N[C@H](Cc3ccc(O)cc3)C(N)=O)NC(=O)[C@@H](NC1=O)[C@@H]2O. The van der Waals surface area contributed by atoms with Gasteiger partial charge in [-0.05, 0) is 110 Å². The zero-order valence-electron chi connectivity index (χ0n) is 42.8. The van der Waals surface area contributed by atoms with E-state index in [1.54, 1.807) is 31.3 Å². The number of carbonyl (C=O) groups excluding carboxylic acids is 9. The number of aliphatic hydroxyl groups excluding tert-OH is 1. The van der Waals surface area contributed by atoms with Crippen LogP contribution in [0.15, 0.2) is 97.1 Å². The van der Waals surface area contributed by atoms with Gasteiger partial charge >= 0.3 is 0 Å². The molecular formula is C53H64ClN11O12S2. The van der Waals surface area contributed by atoms with Crippen molar-refractivity contribution in [3.05, 3.63) is 130 Å². The second-order valence-electron chi connectivity index (χ2n) is 19.1. The van der Waals surface area contributed by atoms with Gasteiger partial charge in [-0.15, -0.1) is 0 Å². The number of nitrogens with one attached hydrogen (secondary N) is 8. The lowest BCUT2D eigenvalue weighted by Gasteiger charge is -2.40. The summed E-state index contributed by atoms with van der Waals surface area (Å²) in [4.78, 5) is 126. The summed E-state index contributed by atoms with van der Waals surface area (Å²) in [6.45, 7) is 0.534. The molecule has 0 radical (unpaired) electrons. The monoisotopic (exact) mass is 1150 g/mol. The molecule has 2 aliphatic heterocycles. The molecule has 2 fully saturated rings. The van der Waals surface area contributed by atoms with Gasteiger partial charge in [0.25, 0.3) is 0 Å². The van der Waals surface area contributed by atoms with E-state index in [9.17, 15) is 58.5 Å². The van der Waals surface area contributed by atoms with Gasteiger partial charge < -0.3 is 75.1 Å². The van der Waals surface area contributed by atoms with Crippen molar-refractivity contribution in [1.82, 2.24) is 42.5 Å². The van der Waals surface area contributed by atoms with E-state index in [1.165, 1.54) is 72.8 Å². The van der Waals surface area contributed by atoms with Gasteiger partial charge in [0.1, 0.15) is 53.8 Å². The lowest BCUT2D eigenvalue weighted by Crippen LogP contribution is -2.71. The number of carbonyl (C=O) groups is 9. The highest BCUT2D eigenvalue weighted by Crippen LogP contribution is 2.35. The van der Waals surface area contributed by atoms with Crippen LogP contribution in [-0.2, 0) is 64.0 Å². The molecule has 79 heavy (non-hydrogen) atoms. The third kappa shape index (κ3) is 17.8. The first kappa shape index (κ1) is 60.8. The fraction of sp³-hybridized carbons (Fsp3) is 0.377. The first-order valence-electron chi connectivity index (χ1n) is 25.2. The topological polar surface area (TPSA) is 389 Å². The molecule has 10 atom stereocenters. The zero-order valence-corrected chi connectivity index (χ0v) is 45.2. The molecule has 2 bridgehead atoms. The molecule has 4 aromatic rings. The molecule has 17 N–H and O–H groups in total. The summed E-state index contributed by atoms with van der Waals surface area (Å²) in [5.74, 6) is -8.55. The molecule has 0 spiro atoms. The Balaban J connectivity index is 1.40. The first-order valence-corrected chi connectivity index (χ1v) is 27.9. The molecule has 2 saturated heterocycles. The van der Waals surface area contributed by atoms with E-state index >= 15 is 0 Å². The largest absolute Gasteiger partial charge is 0.508 e. The number of piperidine rings is 1.